The number of benzene rings is 1. The zero-order valence-corrected chi connectivity index (χ0v) is 16.5. The van der Waals surface area contributed by atoms with E-state index in [0.29, 0.717) is 18.7 Å². The van der Waals surface area contributed by atoms with Crippen LogP contribution in [0.15, 0.2) is 23.1 Å². The van der Waals surface area contributed by atoms with Gasteiger partial charge in [0.05, 0.1) is 5.02 Å². The van der Waals surface area contributed by atoms with Gasteiger partial charge in [-0.05, 0) is 51.2 Å². The summed E-state index contributed by atoms with van der Waals surface area (Å²) in [5.41, 5.74) is 0.314. The van der Waals surface area contributed by atoms with E-state index < -0.39 is 10.0 Å². The van der Waals surface area contributed by atoms with Crippen LogP contribution in [0.3, 0.4) is 0 Å². The molecule has 0 aliphatic carbocycles. The second-order valence-corrected chi connectivity index (χ2v) is 8.60. The van der Waals surface area contributed by atoms with Gasteiger partial charge in [-0.25, -0.2) is 8.42 Å². The number of carbonyl (C=O) groups is 1. The normalized spacial score (nSPS) is 17.0. The highest BCUT2D eigenvalue weighted by Gasteiger charge is 2.26. The Hall–Kier alpha value is -1.15. The van der Waals surface area contributed by atoms with Gasteiger partial charge in [-0.15, -0.1) is 0 Å². The molecule has 140 valence electrons. The Morgan fingerprint density at radius 3 is 2.44 bits per heavy atom. The van der Waals surface area contributed by atoms with Crippen molar-refractivity contribution < 1.29 is 13.2 Å². The third-order valence-corrected chi connectivity index (χ3v) is 7.10. The van der Waals surface area contributed by atoms with Crippen LogP contribution in [0.2, 0.25) is 5.02 Å². The Balaban J connectivity index is 2.22. The first-order chi connectivity index (χ1) is 11.8. The highest BCUT2D eigenvalue weighted by molar-refractivity contribution is 7.89. The molecule has 0 spiro atoms. The Morgan fingerprint density at radius 2 is 1.88 bits per heavy atom. The molecule has 1 aliphatic heterocycles. The smallest absolute Gasteiger partial charge is 0.251 e. The Bertz CT molecular complexity index is 712. The molecular weight excluding hydrogens is 362 g/mol. The van der Waals surface area contributed by atoms with E-state index in [1.165, 1.54) is 16.4 Å². The molecule has 1 amide bonds. The van der Waals surface area contributed by atoms with E-state index in [9.17, 15) is 13.2 Å². The van der Waals surface area contributed by atoms with Crippen LogP contribution in [0.5, 0.6) is 0 Å². The molecule has 0 radical (unpaired) electrons. The average molecular weight is 388 g/mol. The van der Waals surface area contributed by atoms with Crippen molar-refractivity contribution >= 4 is 27.5 Å². The largest absolute Gasteiger partial charge is 0.349 e. The first-order valence-electron chi connectivity index (χ1n) is 8.58. The summed E-state index contributed by atoms with van der Waals surface area (Å²) in [4.78, 5) is 14.7. The predicted molar refractivity (Wildman–Crippen MR) is 99.5 cm³/mol. The summed E-state index contributed by atoms with van der Waals surface area (Å²) in [6, 6.07) is 4.53. The minimum absolute atomic E-state index is 0.0195. The van der Waals surface area contributed by atoms with Gasteiger partial charge in [0.2, 0.25) is 10.0 Å². The standard InChI is InChI=1S/C17H26ClN3O3S/c1-4-21(5-2)25(23,24)16-12-13(6-7-15(16)18)17(22)19-14-8-10-20(3)11-9-14/h6-7,12,14H,4-5,8-11H2,1-3H3,(H,19,22). The molecule has 25 heavy (non-hydrogen) atoms. The monoisotopic (exact) mass is 387 g/mol. The van der Waals surface area contributed by atoms with Crippen molar-refractivity contribution in [2.75, 3.05) is 33.2 Å². The van der Waals surface area contributed by atoms with Crippen molar-refractivity contribution in [3.63, 3.8) is 0 Å². The lowest BCUT2D eigenvalue weighted by molar-refractivity contribution is 0.0916. The van der Waals surface area contributed by atoms with Crippen LogP contribution in [0.1, 0.15) is 37.0 Å². The molecule has 0 atom stereocenters. The molecule has 0 bridgehead atoms. The second-order valence-electron chi connectivity index (χ2n) is 6.29. The Labute approximate surface area is 155 Å². The van der Waals surface area contributed by atoms with Crippen molar-refractivity contribution in [1.82, 2.24) is 14.5 Å². The van der Waals surface area contributed by atoms with Crippen LogP contribution in [0.4, 0.5) is 0 Å². The highest BCUT2D eigenvalue weighted by atomic mass is 35.5. The summed E-state index contributed by atoms with van der Waals surface area (Å²) in [6.45, 7) is 6.11. The predicted octanol–water partition coefficient (Wildman–Crippen LogP) is 2.19. The number of nitrogens with one attached hydrogen (secondary N) is 1. The van der Waals surface area contributed by atoms with E-state index in [1.807, 2.05) is 0 Å². The summed E-state index contributed by atoms with van der Waals surface area (Å²) in [6.07, 6.45) is 1.78. The Morgan fingerprint density at radius 1 is 1.28 bits per heavy atom. The van der Waals surface area contributed by atoms with E-state index in [1.54, 1.807) is 19.9 Å². The molecule has 1 aromatic carbocycles. The fourth-order valence-electron chi connectivity index (χ4n) is 2.97. The van der Waals surface area contributed by atoms with Crippen molar-refractivity contribution in [3.8, 4) is 0 Å². The number of piperidine rings is 1. The second kappa shape index (κ2) is 8.49. The minimum atomic E-state index is -3.71. The molecule has 1 saturated heterocycles. The summed E-state index contributed by atoms with van der Waals surface area (Å²) >= 11 is 6.11. The lowest BCUT2D eigenvalue weighted by Gasteiger charge is -2.29. The quantitative estimate of drug-likeness (QED) is 0.812. The van der Waals surface area contributed by atoms with Gasteiger partial charge < -0.3 is 10.2 Å². The first-order valence-corrected chi connectivity index (χ1v) is 10.4. The van der Waals surface area contributed by atoms with Crippen LogP contribution >= 0.6 is 11.6 Å². The van der Waals surface area contributed by atoms with Crippen molar-refractivity contribution in [1.29, 1.82) is 0 Å². The van der Waals surface area contributed by atoms with Crippen molar-refractivity contribution in [2.24, 2.45) is 0 Å². The summed E-state index contributed by atoms with van der Waals surface area (Å²) in [5.74, 6) is -0.262. The molecule has 0 aromatic heterocycles. The number of nitrogens with zero attached hydrogens (tertiary/aromatic N) is 2. The number of halogens is 1. The molecule has 1 N–H and O–H groups in total. The maximum Gasteiger partial charge on any atom is 0.251 e. The minimum Gasteiger partial charge on any atom is -0.349 e. The summed E-state index contributed by atoms with van der Waals surface area (Å²) in [5, 5.41) is 3.12. The van der Waals surface area contributed by atoms with Gasteiger partial charge in [-0.1, -0.05) is 25.4 Å². The highest BCUT2D eigenvalue weighted by Crippen LogP contribution is 2.26. The third kappa shape index (κ3) is 4.73. The maximum absolute atomic E-state index is 12.7. The number of carbonyl (C=O) groups excluding carboxylic acids is 1. The zero-order valence-electron chi connectivity index (χ0n) is 15.0. The Kier molecular flexibility index (Phi) is 6.85. The van der Waals surface area contributed by atoms with Crippen LogP contribution in [0, 0.1) is 0 Å². The van der Waals surface area contributed by atoms with E-state index >= 15 is 0 Å². The van der Waals surface area contributed by atoms with E-state index in [-0.39, 0.29) is 21.9 Å². The zero-order chi connectivity index (χ0) is 18.6. The molecule has 1 heterocycles. The van der Waals surface area contributed by atoms with Gasteiger partial charge >= 0.3 is 0 Å². The maximum atomic E-state index is 12.7. The number of hydrogen-bond donors (Lipinski definition) is 1. The molecule has 1 fully saturated rings. The molecule has 8 heteroatoms. The van der Waals surface area contributed by atoms with Gasteiger partial charge in [0.15, 0.2) is 0 Å². The lowest BCUT2D eigenvalue weighted by atomic mass is 10.0. The summed E-state index contributed by atoms with van der Waals surface area (Å²) in [7, 11) is -1.66. The van der Waals surface area contributed by atoms with Crippen LogP contribution in [-0.2, 0) is 10.0 Å². The van der Waals surface area contributed by atoms with E-state index in [4.69, 9.17) is 11.6 Å². The van der Waals surface area contributed by atoms with Crippen LogP contribution in [-0.4, -0.2) is 62.8 Å². The summed E-state index contributed by atoms with van der Waals surface area (Å²) < 4.78 is 26.8. The van der Waals surface area contributed by atoms with Gasteiger partial charge in [0.1, 0.15) is 4.90 Å². The van der Waals surface area contributed by atoms with Crippen LogP contribution in [0.25, 0.3) is 0 Å². The van der Waals surface area contributed by atoms with Gasteiger partial charge in [-0.2, -0.15) is 4.31 Å². The fourth-order valence-corrected chi connectivity index (χ4v) is 4.92. The number of rotatable bonds is 6. The molecule has 0 saturated carbocycles. The number of sulfonamides is 1. The molecular formula is C17H26ClN3O3S. The molecule has 1 aliphatic rings. The van der Waals surface area contributed by atoms with Gasteiger partial charge in [0, 0.05) is 24.7 Å². The SMILES string of the molecule is CCN(CC)S(=O)(=O)c1cc(C(=O)NC2CCN(C)CC2)ccc1Cl. The molecule has 1 aromatic rings. The van der Waals surface area contributed by atoms with Crippen LogP contribution < -0.4 is 5.32 Å². The number of hydrogen-bond acceptors (Lipinski definition) is 4. The van der Waals surface area contributed by atoms with Gasteiger partial charge in [0.25, 0.3) is 5.91 Å². The van der Waals surface area contributed by atoms with E-state index in [2.05, 4.69) is 17.3 Å². The lowest BCUT2D eigenvalue weighted by Crippen LogP contribution is -2.43. The van der Waals surface area contributed by atoms with E-state index in [0.717, 1.165) is 25.9 Å². The molecule has 6 nitrogen and oxygen atoms in total. The number of amides is 1. The molecule has 0 unspecified atom stereocenters. The average Bonchev–Trinajstić information content (AvgIpc) is 2.58. The van der Waals surface area contributed by atoms with Crippen molar-refractivity contribution in [2.45, 2.75) is 37.6 Å². The topological polar surface area (TPSA) is 69.7 Å². The van der Waals surface area contributed by atoms with Crippen molar-refractivity contribution in [3.05, 3.63) is 28.8 Å². The number of likely N-dealkylation sites (tertiary alicyclic amines) is 1. The first kappa shape index (κ1) is 20.2. The third-order valence-electron chi connectivity index (χ3n) is 4.57. The fraction of sp³-hybridized carbons (Fsp3) is 0.588. The van der Waals surface area contributed by atoms with Gasteiger partial charge in [-0.3, -0.25) is 4.79 Å². The molecule has 2 rings (SSSR count).